The van der Waals surface area contributed by atoms with Crippen molar-refractivity contribution in [2.24, 2.45) is 5.92 Å². The van der Waals surface area contributed by atoms with Gasteiger partial charge in [0.2, 0.25) is 0 Å². The molecule has 1 aliphatic heterocycles. The van der Waals surface area contributed by atoms with E-state index in [9.17, 15) is 0 Å². The maximum atomic E-state index is 3.93. The van der Waals surface area contributed by atoms with Crippen LogP contribution >= 0.6 is 0 Å². The molecule has 0 radical (unpaired) electrons. The first-order valence-electron chi connectivity index (χ1n) is 6.26. The standard InChI is InChI=1S/C12H22N4/c1-11-3-2-7-16(10-11)8-6-13-9-12-4-5-14-15-12/h4-5,11,13H,2-3,6-10H2,1H3,(H,14,15). The van der Waals surface area contributed by atoms with Gasteiger partial charge in [-0.15, -0.1) is 0 Å². The minimum Gasteiger partial charge on any atom is -0.310 e. The molecule has 0 amide bonds. The lowest BCUT2D eigenvalue weighted by Gasteiger charge is -2.30. The molecule has 1 aromatic rings. The molecular formula is C12H22N4. The second kappa shape index (κ2) is 6.01. The van der Waals surface area contributed by atoms with Crippen molar-refractivity contribution in [1.82, 2.24) is 20.4 Å². The van der Waals surface area contributed by atoms with Crippen molar-refractivity contribution in [3.05, 3.63) is 18.0 Å². The largest absolute Gasteiger partial charge is 0.310 e. The van der Waals surface area contributed by atoms with Crippen LogP contribution in [0, 0.1) is 5.92 Å². The Morgan fingerprint density at radius 3 is 3.31 bits per heavy atom. The second-order valence-electron chi connectivity index (χ2n) is 4.81. The van der Waals surface area contributed by atoms with Crippen molar-refractivity contribution >= 4 is 0 Å². The molecule has 2 N–H and O–H groups in total. The van der Waals surface area contributed by atoms with Crippen molar-refractivity contribution in [2.45, 2.75) is 26.3 Å². The summed E-state index contributed by atoms with van der Waals surface area (Å²) in [6.07, 6.45) is 4.56. The summed E-state index contributed by atoms with van der Waals surface area (Å²) in [7, 11) is 0. The van der Waals surface area contributed by atoms with E-state index in [1.165, 1.54) is 32.5 Å². The van der Waals surface area contributed by atoms with E-state index < -0.39 is 0 Å². The number of nitrogens with zero attached hydrogens (tertiary/aromatic N) is 2. The number of nitrogens with one attached hydrogen (secondary N) is 2. The molecule has 0 saturated carbocycles. The Morgan fingerprint density at radius 1 is 1.62 bits per heavy atom. The van der Waals surface area contributed by atoms with E-state index in [1.807, 2.05) is 6.07 Å². The van der Waals surface area contributed by atoms with E-state index in [0.717, 1.165) is 24.7 Å². The Bertz CT molecular complexity index is 283. The average molecular weight is 222 g/mol. The van der Waals surface area contributed by atoms with Gasteiger partial charge in [0.25, 0.3) is 0 Å². The molecule has 1 fully saturated rings. The molecule has 0 aliphatic carbocycles. The summed E-state index contributed by atoms with van der Waals surface area (Å²) in [6, 6.07) is 2.01. The van der Waals surface area contributed by atoms with Gasteiger partial charge in [0.15, 0.2) is 0 Å². The van der Waals surface area contributed by atoms with Crippen LogP contribution in [0.25, 0.3) is 0 Å². The van der Waals surface area contributed by atoms with Gasteiger partial charge in [-0.05, 0) is 31.4 Å². The molecule has 0 aromatic carbocycles. The van der Waals surface area contributed by atoms with Gasteiger partial charge in [-0.1, -0.05) is 6.92 Å². The summed E-state index contributed by atoms with van der Waals surface area (Å²) in [4.78, 5) is 2.56. The zero-order valence-corrected chi connectivity index (χ0v) is 10.1. The number of rotatable bonds is 5. The Balaban J connectivity index is 1.57. The Morgan fingerprint density at radius 2 is 2.56 bits per heavy atom. The second-order valence-corrected chi connectivity index (χ2v) is 4.81. The molecular weight excluding hydrogens is 200 g/mol. The van der Waals surface area contributed by atoms with E-state index in [0.29, 0.717) is 0 Å². The third kappa shape index (κ3) is 3.61. The van der Waals surface area contributed by atoms with Gasteiger partial charge < -0.3 is 10.2 Å². The van der Waals surface area contributed by atoms with Crippen LogP contribution in [0.2, 0.25) is 0 Å². The molecule has 0 spiro atoms. The first kappa shape index (κ1) is 11.6. The summed E-state index contributed by atoms with van der Waals surface area (Å²) in [5.74, 6) is 0.876. The Hall–Kier alpha value is -0.870. The molecule has 16 heavy (non-hydrogen) atoms. The lowest BCUT2D eigenvalue weighted by molar-refractivity contribution is 0.184. The maximum Gasteiger partial charge on any atom is 0.0490 e. The average Bonchev–Trinajstić information content (AvgIpc) is 2.77. The minimum atomic E-state index is 0.876. The van der Waals surface area contributed by atoms with Crippen LogP contribution in [0.4, 0.5) is 0 Å². The van der Waals surface area contributed by atoms with Crippen molar-refractivity contribution in [1.29, 1.82) is 0 Å². The fraction of sp³-hybridized carbons (Fsp3) is 0.750. The van der Waals surface area contributed by atoms with E-state index in [-0.39, 0.29) is 0 Å². The lowest BCUT2D eigenvalue weighted by atomic mass is 10.0. The predicted molar refractivity (Wildman–Crippen MR) is 65.1 cm³/mol. The highest BCUT2D eigenvalue weighted by Gasteiger charge is 2.15. The highest BCUT2D eigenvalue weighted by Crippen LogP contribution is 2.14. The summed E-state index contributed by atoms with van der Waals surface area (Å²) in [6.45, 7) is 8.01. The molecule has 4 heteroatoms. The number of H-pyrrole nitrogens is 1. The number of hydrogen-bond acceptors (Lipinski definition) is 3. The molecule has 4 nitrogen and oxygen atoms in total. The fourth-order valence-corrected chi connectivity index (χ4v) is 2.33. The molecule has 1 aliphatic rings. The zero-order valence-electron chi connectivity index (χ0n) is 10.1. The highest BCUT2D eigenvalue weighted by molar-refractivity contribution is 4.96. The van der Waals surface area contributed by atoms with E-state index >= 15 is 0 Å². The smallest absolute Gasteiger partial charge is 0.0490 e. The predicted octanol–water partition coefficient (Wildman–Crippen LogP) is 1.23. The maximum absolute atomic E-state index is 3.93. The first-order valence-corrected chi connectivity index (χ1v) is 6.26. The number of hydrogen-bond donors (Lipinski definition) is 2. The molecule has 2 rings (SSSR count). The van der Waals surface area contributed by atoms with E-state index in [4.69, 9.17) is 0 Å². The fourth-order valence-electron chi connectivity index (χ4n) is 2.33. The first-order chi connectivity index (χ1) is 7.84. The molecule has 1 aromatic heterocycles. The van der Waals surface area contributed by atoms with Gasteiger partial charge in [-0.2, -0.15) is 5.10 Å². The van der Waals surface area contributed by atoms with Crippen molar-refractivity contribution in [3.63, 3.8) is 0 Å². The van der Waals surface area contributed by atoms with Crippen LogP contribution in [0.1, 0.15) is 25.5 Å². The zero-order chi connectivity index (χ0) is 11.2. The van der Waals surface area contributed by atoms with Crippen LogP contribution in [-0.4, -0.2) is 41.3 Å². The van der Waals surface area contributed by atoms with Crippen LogP contribution in [-0.2, 0) is 6.54 Å². The summed E-state index contributed by atoms with van der Waals surface area (Å²) < 4.78 is 0. The molecule has 1 unspecified atom stereocenters. The van der Waals surface area contributed by atoms with Gasteiger partial charge in [0.1, 0.15) is 0 Å². The SMILES string of the molecule is CC1CCCN(CCNCc2ccn[nH]2)C1. The topological polar surface area (TPSA) is 44.0 Å². The van der Waals surface area contributed by atoms with Crippen LogP contribution in [0.15, 0.2) is 12.3 Å². The van der Waals surface area contributed by atoms with E-state index in [1.54, 1.807) is 6.20 Å². The minimum absolute atomic E-state index is 0.876. The number of likely N-dealkylation sites (tertiary alicyclic amines) is 1. The summed E-state index contributed by atoms with van der Waals surface area (Å²) in [5.41, 5.74) is 1.16. The molecule has 2 heterocycles. The molecule has 90 valence electrons. The van der Waals surface area contributed by atoms with Crippen LogP contribution in [0.3, 0.4) is 0 Å². The third-order valence-electron chi connectivity index (χ3n) is 3.22. The van der Waals surface area contributed by atoms with Crippen molar-refractivity contribution < 1.29 is 0 Å². The Labute approximate surface area is 97.4 Å². The Kier molecular flexibility index (Phi) is 4.36. The molecule has 1 atom stereocenters. The number of piperidine rings is 1. The summed E-state index contributed by atoms with van der Waals surface area (Å²) in [5, 5.41) is 10.3. The van der Waals surface area contributed by atoms with Gasteiger partial charge >= 0.3 is 0 Å². The third-order valence-corrected chi connectivity index (χ3v) is 3.22. The van der Waals surface area contributed by atoms with Crippen LogP contribution < -0.4 is 5.32 Å². The normalized spacial score (nSPS) is 22.4. The number of aromatic amines is 1. The molecule has 1 saturated heterocycles. The van der Waals surface area contributed by atoms with Crippen LogP contribution in [0.5, 0.6) is 0 Å². The lowest BCUT2D eigenvalue weighted by Crippen LogP contribution is -2.38. The highest BCUT2D eigenvalue weighted by atomic mass is 15.2. The monoisotopic (exact) mass is 222 g/mol. The van der Waals surface area contributed by atoms with Gasteiger partial charge in [0.05, 0.1) is 0 Å². The number of aromatic nitrogens is 2. The summed E-state index contributed by atoms with van der Waals surface area (Å²) >= 11 is 0. The van der Waals surface area contributed by atoms with Gasteiger partial charge in [-0.25, -0.2) is 0 Å². The quantitative estimate of drug-likeness (QED) is 0.737. The van der Waals surface area contributed by atoms with E-state index in [2.05, 4.69) is 27.3 Å². The molecule has 0 bridgehead atoms. The van der Waals surface area contributed by atoms with Crippen molar-refractivity contribution in [3.8, 4) is 0 Å². The van der Waals surface area contributed by atoms with Gasteiger partial charge in [-0.3, -0.25) is 5.10 Å². The van der Waals surface area contributed by atoms with Crippen molar-refractivity contribution in [2.75, 3.05) is 26.2 Å². The van der Waals surface area contributed by atoms with Gasteiger partial charge in [0, 0.05) is 38.1 Å².